The molecule has 2 unspecified atom stereocenters. The Labute approximate surface area is 157 Å². The van der Waals surface area contributed by atoms with E-state index in [1.807, 2.05) is 31.4 Å². The Bertz CT molecular complexity index is 686. The molecular weight excluding hydrogens is 356 g/mol. The number of nitrogens with one attached hydrogen (secondary N) is 2. The topological polar surface area (TPSA) is 58.2 Å². The molecule has 0 aliphatic heterocycles. The van der Waals surface area contributed by atoms with Gasteiger partial charge in [0.1, 0.15) is 6.04 Å². The Morgan fingerprint density at radius 3 is 2.52 bits per heavy atom. The highest BCUT2D eigenvalue weighted by Crippen LogP contribution is 2.13. The molecule has 0 radical (unpaired) electrons. The van der Waals surface area contributed by atoms with Crippen LogP contribution in [0.3, 0.4) is 0 Å². The maximum absolute atomic E-state index is 12.5. The van der Waals surface area contributed by atoms with Gasteiger partial charge in [-0.1, -0.05) is 37.9 Å². The normalized spacial score (nSPS) is 13.1. The summed E-state index contributed by atoms with van der Waals surface area (Å²) < 4.78 is 0. The first-order chi connectivity index (χ1) is 12.0. The van der Waals surface area contributed by atoms with E-state index in [2.05, 4.69) is 10.6 Å². The molecule has 0 fully saturated rings. The van der Waals surface area contributed by atoms with Crippen LogP contribution in [0.4, 0.5) is 0 Å². The first kappa shape index (κ1) is 19.5. The van der Waals surface area contributed by atoms with Gasteiger partial charge in [0.05, 0.1) is 0 Å². The van der Waals surface area contributed by atoms with Crippen LogP contribution < -0.4 is 10.6 Å². The number of rotatable bonds is 8. The molecule has 2 amide bonds. The van der Waals surface area contributed by atoms with Crippen LogP contribution >= 0.6 is 22.9 Å². The van der Waals surface area contributed by atoms with Gasteiger partial charge in [0.25, 0.3) is 5.91 Å². The molecule has 0 spiro atoms. The average molecular weight is 379 g/mol. The van der Waals surface area contributed by atoms with Crippen molar-refractivity contribution in [2.75, 3.05) is 6.54 Å². The maximum atomic E-state index is 12.5. The SMILES string of the molecule is CCC(C)C(NC(=O)c1ccc(Cl)cc1)C(=O)NCCc1cccs1. The first-order valence-electron chi connectivity index (χ1n) is 8.37. The largest absolute Gasteiger partial charge is 0.354 e. The summed E-state index contributed by atoms with van der Waals surface area (Å²) in [7, 11) is 0. The van der Waals surface area contributed by atoms with Gasteiger partial charge in [-0.15, -0.1) is 11.3 Å². The van der Waals surface area contributed by atoms with Crippen LogP contribution in [0.15, 0.2) is 41.8 Å². The average Bonchev–Trinajstić information content (AvgIpc) is 3.12. The third-order valence-corrected chi connectivity index (χ3v) is 5.33. The standard InChI is InChI=1S/C19H23ClN2O2S/c1-3-13(2)17(19(24)21-11-10-16-5-4-12-25-16)22-18(23)14-6-8-15(20)9-7-14/h4-9,12-13,17H,3,10-11H2,1-2H3,(H,21,24)(H,22,23). The van der Waals surface area contributed by atoms with Gasteiger partial charge in [0.2, 0.25) is 5.91 Å². The lowest BCUT2D eigenvalue weighted by atomic mass is 9.97. The van der Waals surface area contributed by atoms with Gasteiger partial charge in [-0.3, -0.25) is 9.59 Å². The summed E-state index contributed by atoms with van der Waals surface area (Å²) in [4.78, 5) is 26.2. The van der Waals surface area contributed by atoms with Crippen molar-refractivity contribution >= 4 is 34.8 Å². The Kier molecular flexibility index (Phi) is 7.47. The molecule has 0 saturated carbocycles. The molecule has 2 atom stereocenters. The van der Waals surface area contributed by atoms with Crippen molar-refractivity contribution in [2.45, 2.75) is 32.7 Å². The summed E-state index contributed by atoms with van der Waals surface area (Å²) >= 11 is 7.52. The molecule has 0 saturated heterocycles. The molecular formula is C19H23ClN2O2S. The van der Waals surface area contributed by atoms with E-state index in [4.69, 9.17) is 11.6 Å². The van der Waals surface area contributed by atoms with Gasteiger partial charge >= 0.3 is 0 Å². The molecule has 2 aromatic rings. The summed E-state index contributed by atoms with van der Waals surface area (Å²) in [6.07, 6.45) is 1.59. The zero-order valence-electron chi connectivity index (χ0n) is 14.4. The van der Waals surface area contributed by atoms with E-state index in [0.717, 1.165) is 12.8 Å². The van der Waals surface area contributed by atoms with Crippen LogP contribution in [0.2, 0.25) is 5.02 Å². The fourth-order valence-corrected chi connectivity index (χ4v) is 3.24. The molecule has 2 rings (SSSR count). The van der Waals surface area contributed by atoms with Crippen LogP contribution in [0.25, 0.3) is 0 Å². The molecule has 1 aromatic carbocycles. The minimum atomic E-state index is -0.559. The van der Waals surface area contributed by atoms with E-state index in [9.17, 15) is 9.59 Å². The molecule has 4 nitrogen and oxygen atoms in total. The Balaban J connectivity index is 1.95. The quantitative estimate of drug-likeness (QED) is 0.731. The number of amides is 2. The molecule has 134 valence electrons. The summed E-state index contributed by atoms with van der Waals surface area (Å²) in [6, 6.07) is 10.1. The molecule has 6 heteroatoms. The highest BCUT2D eigenvalue weighted by atomic mass is 35.5. The minimum absolute atomic E-state index is 0.0398. The zero-order chi connectivity index (χ0) is 18.2. The van der Waals surface area contributed by atoms with E-state index in [-0.39, 0.29) is 17.7 Å². The second kappa shape index (κ2) is 9.59. The van der Waals surface area contributed by atoms with Crippen molar-refractivity contribution in [1.29, 1.82) is 0 Å². The second-order valence-electron chi connectivity index (χ2n) is 5.96. The van der Waals surface area contributed by atoms with Gasteiger partial charge < -0.3 is 10.6 Å². The van der Waals surface area contributed by atoms with Gasteiger partial charge in [-0.2, -0.15) is 0 Å². The van der Waals surface area contributed by atoms with Gasteiger partial charge in [0, 0.05) is 22.0 Å². The summed E-state index contributed by atoms with van der Waals surface area (Å²) in [5.41, 5.74) is 0.490. The molecule has 25 heavy (non-hydrogen) atoms. The van der Waals surface area contributed by atoms with Crippen molar-refractivity contribution in [3.05, 3.63) is 57.2 Å². The lowest BCUT2D eigenvalue weighted by molar-refractivity contribution is -0.124. The summed E-state index contributed by atoms with van der Waals surface area (Å²) in [5.74, 6) is -0.374. The molecule has 1 heterocycles. The van der Waals surface area contributed by atoms with E-state index in [1.54, 1.807) is 35.6 Å². The Morgan fingerprint density at radius 1 is 1.20 bits per heavy atom. The highest BCUT2D eigenvalue weighted by Gasteiger charge is 2.26. The van der Waals surface area contributed by atoms with Crippen LogP contribution in [0.5, 0.6) is 0 Å². The van der Waals surface area contributed by atoms with Crippen molar-refractivity contribution in [1.82, 2.24) is 10.6 Å². The fourth-order valence-electron chi connectivity index (χ4n) is 2.40. The third kappa shape index (κ3) is 5.87. The van der Waals surface area contributed by atoms with Crippen molar-refractivity contribution < 1.29 is 9.59 Å². The van der Waals surface area contributed by atoms with Crippen molar-refractivity contribution in [2.24, 2.45) is 5.92 Å². The Morgan fingerprint density at radius 2 is 1.92 bits per heavy atom. The summed E-state index contributed by atoms with van der Waals surface area (Å²) in [6.45, 7) is 4.53. The third-order valence-electron chi connectivity index (χ3n) is 4.14. The zero-order valence-corrected chi connectivity index (χ0v) is 16.0. The Hall–Kier alpha value is -1.85. The van der Waals surface area contributed by atoms with E-state index < -0.39 is 6.04 Å². The predicted octanol–water partition coefficient (Wildman–Crippen LogP) is 3.90. The van der Waals surface area contributed by atoms with E-state index in [1.165, 1.54) is 4.88 Å². The number of hydrogen-bond acceptors (Lipinski definition) is 3. The van der Waals surface area contributed by atoms with E-state index in [0.29, 0.717) is 17.1 Å². The smallest absolute Gasteiger partial charge is 0.251 e. The van der Waals surface area contributed by atoms with Crippen molar-refractivity contribution in [3.63, 3.8) is 0 Å². The molecule has 0 aliphatic carbocycles. The number of thiophene rings is 1. The molecule has 0 aliphatic rings. The number of halogens is 1. The fraction of sp³-hybridized carbons (Fsp3) is 0.368. The summed E-state index contributed by atoms with van der Waals surface area (Å²) in [5, 5.41) is 8.38. The van der Waals surface area contributed by atoms with Gasteiger partial charge in [-0.25, -0.2) is 0 Å². The lowest BCUT2D eigenvalue weighted by Gasteiger charge is -2.23. The van der Waals surface area contributed by atoms with Gasteiger partial charge in [-0.05, 0) is 48.1 Å². The van der Waals surface area contributed by atoms with E-state index >= 15 is 0 Å². The molecule has 1 aromatic heterocycles. The monoisotopic (exact) mass is 378 g/mol. The molecule has 2 N–H and O–H groups in total. The van der Waals surface area contributed by atoms with Crippen LogP contribution in [-0.2, 0) is 11.2 Å². The minimum Gasteiger partial charge on any atom is -0.354 e. The predicted molar refractivity (Wildman–Crippen MR) is 103 cm³/mol. The van der Waals surface area contributed by atoms with Crippen LogP contribution in [-0.4, -0.2) is 24.4 Å². The van der Waals surface area contributed by atoms with Crippen LogP contribution in [0, 0.1) is 5.92 Å². The van der Waals surface area contributed by atoms with Crippen molar-refractivity contribution in [3.8, 4) is 0 Å². The van der Waals surface area contributed by atoms with Crippen LogP contribution in [0.1, 0.15) is 35.5 Å². The second-order valence-corrected chi connectivity index (χ2v) is 7.43. The maximum Gasteiger partial charge on any atom is 0.251 e. The number of hydrogen-bond donors (Lipinski definition) is 2. The number of benzene rings is 1. The first-order valence-corrected chi connectivity index (χ1v) is 9.63. The molecule has 0 bridgehead atoms. The lowest BCUT2D eigenvalue weighted by Crippen LogP contribution is -2.50. The van der Waals surface area contributed by atoms with Gasteiger partial charge in [0.15, 0.2) is 0 Å². The number of carbonyl (C=O) groups excluding carboxylic acids is 2. The number of carbonyl (C=O) groups is 2. The highest BCUT2D eigenvalue weighted by molar-refractivity contribution is 7.09.